The molecule has 2 N–H and O–H groups in total. The van der Waals surface area contributed by atoms with Crippen LogP contribution in [-0.2, 0) is 9.47 Å². The first-order valence-electron chi connectivity index (χ1n) is 9.83. The van der Waals surface area contributed by atoms with Crippen LogP contribution in [0, 0.1) is 11.7 Å². The van der Waals surface area contributed by atoms with Crippen LogP contribution in [-0.4, -0.2) is 51.5 Å². The van der Waals surface area contributed by atoms with Gasteiger partial charge in [0.25, 0.3) is 0 Å². The molecule has 1 aromatic rings. The topological polar surface area (TPSA) is 54.9 Å². The number of halogens is 3. The van der Waals surface area contributed by atoms with Crippen molar-refractivity contribution in [3.63, 3.8) is 0 Å². The molecule has 0 radical (unpaired) electrons. The van der Waals surface area contributed by atoms with Crippen LogP contribution in [0.5, 0.6) is 0 Å². The van der Waals surface area contributed by atoms with Crippen molar-refractivity contribution in [2.24, 2.45) is 10.9 Å². The first-order valence-corrected chi connectivity index (χ1v) is 10.2. The molecule has 1 saturated heterocycles. The van der Waals surface area contributed by atoms with Gasteiger partial charge >= 0.3 is 0 Å². The van der Waals surface area contributed by atoms with Gasteiger partial charge in [0.05, 0.1) is 13.2 Å². The second-order valence-electron chi connectivity index (χ2n) is 7.15. The van der Waals surface area contributed by atoms with Gasteiger partial charge < -0.3 is 20.1 Å². The van der Waals surface area contributed by atoms with Gasteiger partial charge in [-0.2, -0.15) is 0 Å². The Morgan fingerprint density at radius 2 is 2.29 bits per heavy atom. The fraction of sp³-hybridized carbons (Fsp3) is 0.650. The largest absolute Gasteiger partial charge is 0.381 e. The van der Waals surface area contributed by atoms with E-state index in [0.717, 1.165) is 51.6 Å². The van der Waals surface area contributed by atoms with E-state index in [1.807, 2.05) is 6.92 Å². The number of nitrogens with zero attached hydrogens (tertiary/aromatic N) is 1. The maximum absolute atomic E-state index is 14.1. The maximum atomic E-state index is 14.1. The summed E-state index contributed by atoms with van der Waals surface area (Å²) >= 11 is 6.17. The first-order chi connectivity index (χ1) is 13.2. The highest BCUT2D eigenvalue weighted by Crippen LogP contribution is 2.44. The highest BCUT2D eigenvalue weighted by molar-refractivity contribution is 14.0. The summed E-state index contributed by atoms with van der Waals surface area (Å²) in [6.07, 6.45) is 2.83. The molecular weight excluding hydrogens is 496 g/mol. The maximum Gasteiger partial charge on any atom is 0.191 e. The van der Waals surface area contributed by atoms with E-state index in [1.54, 1.807) is 12.1 Å². The van der Waals surface area contributed by atoms with Crippen molar-refractivity contribution in [3.8, 4) is 0 Å². The molecule has 158 valence electrons. The molecule has 1 aromatic carbocycles. The zero-order valence-corrected chi connectivity index (χ0v) is 19.3. The lowest BCUT2D eigenvalue weighted by molar-refractivity contribution is 0.0893. The van der Waals surface area contributed by atoms with Gasteiger partial charge in [-0.15, -0.1) is 24.0 Å². The van der Waals surface area contributed by atoms with Crippen molar-refractivity contribution in [2.45, 2.75) is 38.1 Å². The Balaban J connectivity index is 0.00000280. The van der Waals surface area contributed by atoms with Gasteiger partial charge in [-0.1, -0.05) is 17.7 Å². The van der Waals surface area contributed by atoms with Crippen LogP contribution in [0.25, 0.3) is 0 Å². The fourth-order valence-electron chi connectivity index (χ4n) is 3.36. The molecule has 2 fully saturated rings. The molecule has 1 saturated carbocycles. The van der Waals surface area contributed by atoms with E-state index in [0.29, 0.717) is 29.7 Å². The number of nitrogens with one attached hydrogen (secondary N) is 2. The molecule has 0 spiro atoms. The van der Waals surface area contributed by atoms with Gasteiger partial charge in [0.2, 0.25) is 0 Å². The monoisotopic (exact) mass is 525 g/mol. The second kappa shape index (κ2) is 12.1. The molecule has 2 aliphatic rings. The first kappa shape index (κ1) is 23.6. The number of ether oxygens (including phenoxy) is 2. The lowest BCUT2D eigenvalue weighted by atomic mass is 10.1. The molecule has 3 rings (SSSR count). The lowest BCUT2D eigenvalue weighted by Gasteiger charge is -2.12. The van der Waals surface area contributed by atoms with Crippen molar-refractivity contribution in [1.29, 1.82) is 0 Å². The minimum absolute atomic E-state index is 0. The molecule has 5 nitrogen and oxygen atoms in total. The van der Waals surface area contributed by atoms with E-state index in [4.69, 9.17) is 21.1 Å². The third-order valence-corrected chi connectivity index (χ3v) is 5.25. The average Bonchev–Trinajstić information content (AvgIpc) is 3.17. The van der Waals surface area contributed by atoms with Crippen molar-refractivity contribution in [3.05, 3.63) is 34.6 Å². The van der Waals surface area contributed by atoms with Crippen LogP contribution in [0.3, 0.4) is 0 Å². The normalized spacial score (nSPS) is 24.0. The van der Waals surface area contributed by atoms with Crippen LogP contribution >= 0.6 is 35.6 Å². The quantitative estimate of drug-likeness (QED) is 0.222. The zero-order valence-electron chi connectivity index (χ0n) is 16.3. The van der Waals surface area contributed by atoms with Crippen LogP contribution in [0.15, 0.2) is 23.2 Å². The third kappa shape index (κ3) is 7.00. The molecule has 0 bridgehead atoms. The highest BCUT2D eigenvalue weighted by Gasteiger charge is 2.41. The molecule has 3 atom stereocenters. The Hall–Kier alpha value is -0.640. The Bertz CT molecular complexity index is 624. The highest BCUT2D eigenvalue weighted by atomic mass is 127. The van der Waals surface area contributed by atoms with Crippen LogP contribution in [0.4, 0.5) is 4.39 Å². The van der Waals surface area contributed by atoms with Crippen molar-refractivity contribution >= 4 is 41.5 Å². The van der Waals surface area contributed by atoms with Gasteiger partial charge in [-0.3, -0.25) is 4.99 Å². The number of hydrogen-bond acceptors (Lipinski definition) is 3. The summed E-state index contributed by atoms with van der Waals surface area (Å²) < 4.78 is 25.1. The third-order valence-electron chi connectivity index (χ3n) is 4.92. The summed E-state index contributed by atoms with van der Waals surface area (Å²) in [7, 11) is 0. The summed E-state index contributed by atoms with van der Waals surface area (Å²) in [5.41, 5.74) is 0.608. The summed E-state index contributed by atoms with van der Waals surface area (Å²) in [4.78, 5) is 4.60. The van der Waals surface area contributed by atoms with E-state index in [-0.39, 0.29) is 41.8 Å². The van der Waals surface area contributed by atoms with Crippen molar-refractivity contribution in [2.75, 3.05) is 39.5 Å². The summed E-state index contributed by atoms with van der Waals surface area (Å²) in [5.74, 6) is 1.18. The van der Waals surface area contributed by atoms with Crippen molar-refractivity contribution < 1.29 is 13.9 Å². The van der Waals surface area contributed by atoms with Crippen LogP contribution in [0.1, 0.15) is 37.7 Å². The Kier molecular flexibility index (Phi) is 10.3. The Morgan fingerprint density at radius 1 is 1.43 bits per heavy atom. The number of rotatable bonds is 9. The standard InChI is InChI=1S/C20H29ClFN3O2.HI/c1-2-23-20(24-8-4-9-26-12-14-7-10-27-13-14)25-18-11-15(18)19-16(21)5-3-6-17(19)22;/h3,5-6,14-15,18H,2,4,7-13H2,1H3,(H2,23,24,25);1H. The van der Waals surface area contributed by atoms with E-state index in [2.05, 4.69) is 15.6 Å². The number of aliphatic imine (C=N–C) groups is 1. The molecule has 1 heterocycles. The molecule has 0 amide bonds. The fourth-order valence-corrected chi connectivity index (χ4v) is 3.66. The number of benzene rings is 1. The predicted octanol–water partition coefficient (Wildman–Crippen LogP) is 3.95. The van der Waals surface area contributed by atoms with Gasteiger partial charge in [0, 0.05) is 54.8 Å². The molecule has 3 unspecified atom stereocenters. The lowest BCUT2D eigenvalue weighted by Crippen LogP contribution is -2.39. The van der Waals surface area contributed by atoms with E-state index in [1.165, 1.54) is 6.07 Å². The summed E-state index contributed by atoms with van der Waals surface area (Å²) in [5, 5.41) is 7.13. The second-order valence-corrected chi connectivity index (χ2v) is 7.55. The van der Waals surface area contributed by atoms with Crippen LogP contribution in [0.2, 0.25) is 5.02 Å². The minimum atomic E-state index is -0.233. The Labute approximate surface area is 188 Å². The smallest absolute Gasteiger partial charge is 0.191 e. The molecule has 28 heavy (non-hydrogen) atoms. The molecule has 0 aromatic heterocycles. The predicted molar refractivity (Wildman–Crippen MR) is 121 cm³/mol. The van der Waals surface area contributed by atoms with E-state index >= 15 is 0 Å². The van der Waals surface area contributed by atoms with Crippen molar-refractivity contribution in [1.82, 2.24) is 10.6 Å². The average molecular weight is 526 g/mol. The molecule has 8 heteroatoms. The Morgan fingerprint density at radius 3 is 3.00 bits per heavy atom. The van der Waals surface area contributed by atoms with Gasteiger partial charge in [-0.25, -0.2) is 4.39 Å². The molecular formula is C20H30ClFIN3O2. The molecule has 1 aliphatic heterocycles. The van der Waals surface area contributed by atoms with E-state index in [9.17, 15) is 4.39 Å². The minimum Gasteiger partial charge on any atom is -0.381 e. The summed E-state index contributed by atoms with van der Waals surface area (Å²) in [6.45, 7) is 6.65. The number of hydrogen-bond donors (Lipinski definition) is 2. The summed E-state index contributed by atoms with van der Waals surface area (Å²) in [6, 6.07) is 5.01. The van der Waals surface area contributed by atoms with E-state index < -0.39 is 0 Å². The van der Waals surface area contributed by atoms with Gasteiger partial charge in [-0.05, 0) is 38.3 Å². The SMILES string of the molecule is CCNC(=NCCCOCC1CCOC1)NC1CC1c1c(F)cccc1Cl.I. The van der Waals surface area contributed by atoms with Crippen LogP contribution < -0.4 is 10.6 Å². The van der Waals surface area contributed by atoms with Gasteiger partial charge in [0.15, 0.2) is 5.96 Å². The number of guanidine groups is 1. The zero-order chi connectivity index (χ0) is 19.1. The van der Waals surface area contributed by atoms with Gasteiger partial charge in [0.1, 0.15) is 5.82 Å². The molecule has 1 aliphatic carbocycles.